The summed E-state index contributed by atoms with van der Waals surface area (Å²) < 4.78 is 12.4. The van der Waals surface area contributed by atoms with Gasteiger partial charge in [0.1, 0.15) is 0 Å². The van der Waals surface area contributed by atoms with Gasteiger partial charge in [-0.3, -0.25) is 0 Å². The van der Waals surface area contributed by atoms with E-state index in [4.69, 9.17) is 5.73 Å². The van der Waals surface area contributed by atoms with Crippen LogP contribution in [0.1, 0.15) is 24.9 Å². The van der Waals surface area contributed by atoms with Crippen LogP contribution in [0, 0.1) is 5.13 Å². The van der Waals surface area contributed by atoms with E-state index in [9.17, 15) is 4.39 Å². The highest BCUT2D eigenvalue weighted by Gasteiger charge is 2.04. The first-order valence-electron chi connectivity index (χ1n) is 3.23. The number of rotatable bonds is 2. The van der Waals surface area contributed by atoms with E-state index in [-0.39, 0.29) is 11.2 Å². The van der Waals surface area contributed by atoms with E-state index < -0.39 is 0 Å². The second-order valence-corrected chi connectivity index (χ2v) is 3.06. The standard InChI is InChI=1S/C7H10FNS/c1-2-6(9)5-3-7(8)10-4-5/h3-4,6H,2,9H2,1H3/t6-/m0/s1. The van der Waals surface area contributed by atoms with E-state index in [0.717, 1.165) is 23.3 Å². The highest BCUT2D eigenvalue weighted by Crippen LogP contribution is 2.19. The number of hydrogen-bond acceptors (Lipinski definition) is 2. The Balaban J connectivity index is 2.74. The SMILES string of the molecule is CC[C@H](N)c1csc(F)c1. The molecule has 0 saturated heterocycles. The molecule has 0 unspecified atom stereocenters. The second-order valence-electron chi connectivity index (χ2n) is 2.20. The highest BCUT2D eigenvalue weighted by atomic mass is 32.1. The van der Waals surface area contributed by atoms with Crippen LogP contribution in [0.25, 0.3) is 0 Å². The Bertz CT molecular complexity index is 209. The molecule has 1 atom stereocenters. The Morgan fingerprint density at radius 2 is 2.50 bits per heavy atom. The first-order chi connectivity index (χ1) is 4.74. The summed E-state index contributed by atoms with van der Waals surface area (Å²) in [5.41, 5.74) is 6.56. The van der Waals surface area contributed by atoms with Gasteiger partial charge in [0, 0.05) is 6.04 Å². The molecule has 1 rings (SSSR count). The maximum atomic E-state index is 12.4. The molecule has 0 saturated carbocycles. The number of hydrogen-bond donors (Lipinski definition) is 1. The molecule has 2 N–H and O–H groups in total. The smallest absolute Gasteiger partial charge is 0.176 e. The highest BCUT2D eigenvalue weighted by molar-refractivity contribution is 7.08. The van der Waals surface area contributed by atoms with Gasteiger partial charge in [-0.25, -0.2) is 0 Å². The normalized spacial score (nSPS) is 13.5. The molecule has 3 heteroatoms. The monoisotopic (exact) mass is 159 g/mol. The third-order valence-corrected chi connectivity index (χ3v) is 2.19. The fraction of sp³-hybridized carbons (Fsp3) is 0.429. The van der Waals surface area contributed by atoms with Crippen molar-refractivity contribution >= 4 is 11.3 Å². The lowest BCUT2D eigenvalue weighted by Gasteiger charge is -2.03. The lowest BCUT2D eigenvalue weighted by Crippen LogP contribution is -2.06. The Labute approximate surface area is 63.7 Å². The average molecular weight is 159 g/mol. The van der Waals surface area contributed by atoms with Crippen LogP contribution in [-0.2, 0) is 0 Å². The van der Waals surface area contributed by atoms with Gasteiger partial charge >= 0.3 is 0 Å². The van der Waals surface area contributed by atoms with E-state index in [1.165, 1.54) is 6.07 Å². The van der Waals surface area contributed by atoms with Gasteiger partial charge in [-0.05, 0) is 23.4 Å². The lowest BCUT2D eigenvalue weighted by molar-refractivity contribution is 0.647. The largest absolute Gasteiger partial charge is 0.324 e. The minimum Gasteiger partial charge on any atom is -0.324 e. The van der Waals surface area contributed by atoms with Crippen molar-refractivity contribution in [3.05, 3.63) is 22.1 Å². The molecule has 1 aromatic rings. The summed E-state index contributed by atoms with van der Waals surface area (Å²) in [6.07, 6.45) is 0.857. The second kappa shape index (κ2) is 3.12. The van der Waals surface area contributed by atoms with E-state index >= 15 is 0 Å². The van der Waals surface area contributed by atoms with Gasteiger partial charge in [0.2, 0.25) is 0 Å². The van der Waals surface area contributed by atoms with Crippen molar-refractivity contribution in [2.75, 3.05) is 0 Å². The van der Waals surface area contributed by atoms with Crippen LogP contribution in [0.2, 0.25) is 0 Å². The van der Waals surface area contributed by atoms with Crippen LogP contribution in [0.5, 0.6) is 0 Å². The van der Waals surface area contributed by atoms with E-state index in [2.05, 4.69) is 0 Å². The molecular formula is C7H10FNS. The molecule has 1 aromatic heterocycles. The topological polar surface area (TPSA) is 26.0 Å². The summed E-state index contributed by atoms with van der Waals surface area (Å²) in [4.78, 5) is 0. The van der Waals surface area contributed by atoms with Crippen LogP contribution >= 0.6 is 11.3 Å². The quantitative estimate of drug-likeness (QED) is 0.704. The van der Waals surface area contributed by atoms with Crippen molar-refractivity contribution in [2.45, 2.75) is 19.4 Å². The fourth-order valence-electron chi connectivity index (χ4n) is 0.754. The van der Waals surface area contributed by atoms with Crippen LogP contribution in [-0.4, -0.2) is 0 Å². The molecule has 0 aliphatic heterocycles. The van der Waals surface area contributed by atoms with Gasteiger partial charge in [0.15, 0.2) is 5.13 Å². The van der Waals surface area contributed by atoms with Crippen molar-refractivity contribution < 1.29 is 4.39 Å². The summed E-state index contributed by atoms with van der Waals surface area (Å²) in [5.74, 6) is 0. The third-order valence-electron chi connectivity index (χ3n) is 1.46. The minimum absolute atomic E-state index is 0.000694. The van der Waals surface area contributed by atoms with E-state index in [0.29, 0.717) is 0 Å². The summed E-state index contributed by atoms with van der Waals surface area (Å²) in [6, 6.07) is 1.50. The minimum atomic E-state index is -0.154. The zero-order valence-corrected chi connectivity index (χ0v) is 6.62. The summed E-state index contributed by atoms with van der Waals surface area (Å²) in [5, 5.41) is 1.61. The van der Waals surface area contributed by atoms with Crippen molar-refractivity contribution in [1.82, 2.24) is 0 Å². The number of halogens is 1. The fourth-order valence-corrected chi connectivity index (χ4v) is 1.45. The Morgan fingerprint density at radius 1 is 1.80 bits per heavy atom. The summed E-state index contributed by atoms with van der Waals surface area (Å²) in [6.45, 7) is 1.99. The van der Waals surface area contributed by atoms with E-state index in [1.807, 2.05) is 6.92 Å². The van der Waals surface area contributed by atoms with Gasteiger partial charge in [0.25, 0.3) is 0 Å². The Hall–Kier alpha value is -0.410. The van der Waals surface area contributed by atoms with Crippen LogP contribution in [0.3, 0.4) is 0 Å². The van der Waals surface area contributed by atoms with Gasteiger partial charge in [-0.2, -0.15) is 4.39 Å². The van der Waals surface area contributed by atoms with E-state index in [1.54, 1.807) is 5.38 Å². The van der Waals surface area contributed by atoms with Gasteiger partial charge in [-0.1, -0.05) is 6.92 Å². The lowest BCUT2D eigenvalue weighted by atomic mass is 10.1. The molecule has 0 radical (unpaired) electrons. The molecule has 1 nitrogen and oxygen atoms in total. The van der Waals surface area contributed by atoms with Crippen LogP contribution in [0.15, 0.2) is 11.4 Å². The number of nitrogens with two attached hydrogens (primary N) is 1. The molecule has 0 spiro atoms. The van der Waals surface area contributed by atoms with Crippen molar-refractivity contribution in [1.29, 1.82) is 0 Å². The van der Waals surface area contributed by atoms with Crippen molar-refractivity contribution in [3.63, 3.8) is 0 Å². The summed E-state index contributed by atoms with van der Waals surface area (Å²) >= 11 is 1.10. The molecule has 0 fully saturated rings. The average Bonchev–Trinajstić information content (AvgIpc) is 2.34. The summed E-state index contributed by atoms with van der Waals surface area (Å²) in [7, 11) is 0. The Kier molecular flexibility index (Phi) is 2.40. The molecule has 0 amide bonds. The van der Waals surface area contributed by atoms with Crippen LogP contribution < -0.4 is 5.73 Å². The zero-order chi connectivity index (χ0) is 7.56. The number of thiophene rings is 1. The predicted molar refractivity (Wildman–Crippen MR) is 41.5 cm³/mol. The zero-order valence-electron chi connectivity index (χ0n) is 5.80. The first kappa shape index (κ1) is 7.69. The van der Waals surface area contributed by atoms with Crippen molar-refractivity contribution in [2.24, 2.45) is 5.73 Å². The molecular weight excluding hydrogens is 149 g/mol. The molecule has 0 aliphatic carbocycles. The van der Waals surface area contributed by atoms with Crippen LogP contribution in [0.4, 0.5) is 4.39 Å². The third kappa shape index (κ3) is 1.55. The molecule has 10 heavy (non-hydrogen) atoms. The molecule has 0 bridgehead atoms. The van der Waals surface area contributed by atoms with Gasteiger partial charge in [0.05, 0.1) is 0 Å². The van der Waals surface area contributed by atoms with Crippen molar-refractivity contribution in [3.8, 4) is 0 Å². The maximum Gasteiger partial charge on any atom is 0.176 e. The predicted octanol–water partition coefficient (Wildman–Crippen LogP) is 2.30. The molecule has 1 heterocycles. The van der Waals surface area contributed by atoms with Gasteiger partial charge < -0.3 is 5.73 Å². The Morgan fingerprint density at radius 3 is 2.90 bits per heavy atom. The first-order valence-corrected chi connectivity index (χ1v) is 4.11. The maximum absolute atomic E-state index is 12.4. The van der Waals surface area contributed by atoms with Gasteiger partial charge in [-0.15, -0.1) is 11.3 Å². The molecule has 56 valence electrons. The molecule has 0 aliphatic rings. The molecule has 0 aromatic carbocycles.